The Bertz CT molecular complexity index is 1290. The van der Waals surface area contributed by atoms with Crippen LogP contribution in [0.3, 0.4) is 0 Å². The third kappa shape index (κ3) is 6.24. The molecule has 4 rings (SSSR count). The number of amides is 3. The summed E-state index contributed by atoms with van der Waals surface area (Å²) in [6.07, 6.45) is 1.50. The van der Waals surface area contributed by atoms with Gasteiger partial charge in [0.25, 0.3) is 5.91 Å². The number of pyridine rings is 1. The Hall–Kier alpha value is -4.40. The Morgan fingerprint density at radius 2 is 1.62 bits per heavy atom. The number of hydrogen-bond acceptors (Lipinski definition) is 6. The summed E-state index contributed by atoms with van der Waals surface area (Å²) in [6, 6.07) is 17.6. The highest BCUT2D eigenvalue weighted by atomic mass is 16.6. The number of fused-ring (bicyclic) bond motifs is 1. The molecule has 3 amide bonds. The maximum atomic E-state index is 13.4. The van der Waals surface area contributed by atoms with E-state index >= 15 is 0 Å². The maximum absolute atomic E-state index is 13.4. The first-order valence-corrected chi connectivity index (χ1v) is 12.0. The second-order valence-corrected chi connectivity index (χ2v) is 10.0. The van der Waals surface area contributed by atoms with Crippen molar-refractivity contribution in [3.8, 4) is 5.75 Å². The van der Waals surface area contributed by atoms with Gasteiger partial charge in [-0.2, -0.15) is 0 Å². The largest absolute Gasteiger partial charge is 0.505 e. The number of benzene rings is 2. The van der Waals surface area contributed by atoms with Gasteiger partial charge in [-0.25, -0.2) is 9.78 Å². The quantitative estimate of drug-likeness (QED) is 0.407. The van der Waals surface area contributed by atoms with Crippen molar-refractivity contribution in [3.63, 3.8) is 0 Å². The predicted molar refractivity (Wildman–Crippen MR) is 138 cm³/mol. The van der Waals surface area contributed by atoms with Gasteiger partial charge in [0.05, 0.1) is 0 Å². The van der Waals surface area contributed by atoms with E-state index in [0.29, 0.717) is 18.5 Å². The number of carbonyl (C=O) groups is 3. The Kier molecular flexibility index (Phi) is 7.15. The highest BCUT2D eigenvalue weighted by Crippen LogP contribution is 2.31. The SMILES string of the molecule is CC(C)(C)OC(=O)NC1(C(=O)NCc2ccc(NC(=O)c3ncccc3O)cc2)Cc2ccccc2C1. The van der Waals surface area contributed by atoms with Crippen LogP contribution in [-0.2, 0) is 28.9 Å². The maximum Gasteiger partial charge on any atom is 0.408 e. The number of hydrogen-bond donors (Lipinski definition) is 4. The number of nitrogens with zero attached hydrogens (tertiary/aromatic N) is 1. The van der Waals surface area contributed by atoms with Crippen molar-refractivity contribution in [2.45, 2.75) is 51.3 Å². The van der Waals surface area contributed by atoms with E-state index in [-0.39, 0.29) is 23.9 Å². The zero-order valence-corrected chi connectivity index (χ0v) is 21.0. The summed E-state index contributed by atoms with van der Waals surface area (Å²) < 4.78 is 5.44. The number of aromatic hydroxyl groups is 1. The monoisotopic (exact) mass is 502 g/mol. The van der Waals surface area contributed by atoms with Crippen LogP contribution in [0.1, 0.15) is 48.0 Å². The minimum absolute atomic E-state index is 0.0702. The first-order chi connectivity index (χ1) is 17.5. The fraction of sp³-hybridized carbons (Fsp3) is 0.286. The highest BCUT2D eigenvalue weighted by Gasteiger charge is 2.45. The average Bonchev–Trinajstić information content (AvgIpc) is 3.21. The van der Waals surface area contributed by atoms with E-state index in [2.05, 4.69) is 20.9 Å². The van der Waals surface area contributed by atoms with E-state index in [1.54, 1.807) is 45.0 Å². The summed E-state index contributed by atoms with van der Waals surface area (Å²) in [5.41, 5.74) is 1.40. The van der Waals surface area contributed by atoms with E-state index in [9.17, 15) is 19.5 Å². The molecule has 4 N–H and O–H groups in total. The Balaban J connectivity index is 1.42. The fourth-order valence-electron chi connectivity index (χ4n) is 4.24. The number of aromatic nitrogens is 1. The summed E-state index contributed by atoms with van der Waals surface area (Å²) in [6.45, 7) is 5.54. The molecule has 2 aromatic carbocycles. The lowest BCUT2D eigenvalue weighted by molar-refractivity contribution is -0.127. The van der Waals surface area contributed by atoms with E-state index in [0.717, 1.165) is 16.7 Å². The topological polar surface area (TPSA) is 130 Å². The number of carbonyl (C=O) groups excluding carboxylic acids is 3. The first-order valence-electron chi connectivity index (χ1n) is 12.0. The summed E-state index contributed by atoms with van der Waals surface area (Å²) in [5, 5.41) is 18.3. The van der Waals surface area contributed by atoms with Gasteiger partial charge in [-0.05, 0) is 61.7 Å². The fourth-order valence-corrected chi connectivity index (χ4v) is 4.24. The van der Waals surface area contributed by atoms with Gasteiger partial charge in [0.1, 0.15) is 16.9 Å². The van der Waals surface area contributed by atoms with Crippen LogP contribution in [-0.4, -0.2) is 39.1 Å². The first kappa shape index (κ1) is 25.7. The minimum Gasteiger partial charge on any atom is -0.505 e. The summed E-state index contributed by atoms with van der Waals surface area (Å²) in [4.78, 5) is 42.3. The molecular formula is C28H30N4O5. The van der Waals surface area contributed by atoms with Gasteiger partial charge in [0.15, 0.2) is 5.69 Å². The van der Waals surface area contributed by atoms with Crippen molar-refractivity contribution in [3.05, 3.63) is 89.2 Å². The molecule has 1 aliphatic carbocycles. The lowest BCUT2D eigenvalue weighted by Crippen LogP contribution is -2.60. The molecule has 0 saturated heterocycles. The standard InChI is InChI=1S/C28H30N4O5/c1-27(2,3)37-26(36)32-28(15-19-7-4-5-8-20(19)16-28)25(35)30-17-18-10-12-21(13-11-18)31-24(34)23-22(33)9-6-14-29-23/h4-14,33H,15-17H2,1-3H3,(H,30,35)(H,31,34)(H,32,36). The van der Waals surface area contributed by atoms with Crippen molar-refractivity contribution in [1.82, 2.24) is 15.6 Å². The zero-order valence-electron chi connectivity index (χ0n) is 21.0. The molecule has 0 fully saturated rings. The molecule has 1 heterocycles. The van der Waals surface area contributed by atoms with Crippen molar-refractivity contribution >= 4 is 23.6 Å². The number of alkyl carbamates (subject to hydrolysis) is 1. The molecule has 1 aliphatic rings. The molecule has 0 atom stereocenters. The van der Waals surface area contributed by atoms with Crippen molar-refractivity contribution < 1.29 is 24.2 Å². The summed E-state index contributed by atoms with van der Waals surface area (Å²) in [5.74, 6) is -1.05. The molecule has 3 aromatic rings. The second kappa shape index (κ2) is 10.3. The van der Waals surface area contributed by atoms with Gasteiger partial charge in [-0.1, -0.05) is 36.4 Å². The highest BCUT2D eigenvalue weighted by molar-refractivity contribution is 6.04. The van der Waals surface area contributed by atoms with E-state index < -0.39 is 23.1 Å². The molecule has 0 unspecified atom stereocenters. The molecule has 1 aromatic heterocycles. The Morgan fingerprint density at radius 1 is 0.973 bits per heavy atom. The van der Waals surface area contributed by atoms with Gasteiger partial charge in [-0.15, -0.1) is 0 Å². The molecule has 0 saturated carbocycles. The van der Waals surface area contributed by atoms with Crippen LogP contribution >= 0.6 is 0 Å². The van der Waals surface area contributed by atoms with Gasteiger partial charge < -0.3 is 25.8 Å². The summed E-state index contributed by atoms with van der Waals surface area (Å²) >= 11 is 0. The summed E-state index contributed by atoms with van der Waals surface area (Å²) in [7, 11) is 0. The number of anilines is 1. The average molecular weight is 503 g/mol. The van der Waals surface area contributed by atoms with Crippen molar-refractivity contribution in [2.24, 2.45) is 0 Å². The van der Waals surface area contributed by atoms with Crippen LogP contribution in [0.15, 0.2) is 66.9 Å². The normalized spacial score (nSPS) is 13.8. The number of ether oxygens (including phenoxy) is 1. The molecule has 0 aliphatic heterocycles. The lowest BCUT2D eigenvalue weighted by Gasteiger charge is -2.30. The predicted octanol–water partition coefficient (Wildman–Crippen LogP) is 3.72. The van der Waals surface area contributed by atoms with Gasteiger partial charge in [0, 0.05) is 31.3 Å². The third-order valence-electron chi connectivity index (χ3n) is 5.94. The van der Waals surface area contributed by atoms with Gasteiger partial charge in [-0.3, -0.25) is 9.59 Å². The van der Waals surface area contributed by atoms with Crippen molar-refractivity contribution in [1.29, 1.82) is 0 Å². The van der Waals surface area contributed by atoms with Crippen LogP contribution < -0.4 is 16.0 Å². The Labute approximate surface area is 215 Å². The molecule has 9 heteroatoms. The van der Waals surface area contributed by atoms with Crippen LogP contribution in [0.2, 0.25) is 0 Å². The van der Waals surface area contributed by atoms with E-state index in [4.69, 9.17) is 4.74 Å². The molecular weight excluding hydrogens is 472 g/mol. The van der Waals surface area contributed by atoms with Gasteiger partial charge in [0.2, 0.25) is 5.91 Å². The molecule has 9 nitrogen and oxygen atoms in total. The van der Waals surface area contributed by atoms with Crippen molar-refractivity contribution in [2.75, 3.05) is 5.32 Å². The van der Waals surface area contributed by atoms with Gasteiger partial charge >= 0.3 is 6.09 Å². The molecule has 37 heavy (non-hydrogen) atoms. The molecule has 0 bridgehead atoms. The van der Waals surface area contributed by atoms with Crippen LogP contribution in [0.25, 0.3) is 0 Å². The third-order valence-corrected chi connectivity index (χ3v) is 5.94. The van der Waals surface area contributed by atoms with E-state index in [1.807, 2.05) is 24.3 Å². The lowest BCUT2D eigenvalue weighted by atomic mass is 9.94. The Morgan fingerprint density at radius 3 is 2.22 bits per heavy atom. The smallest absolute Gasteiger partial charge is 0.408 e. The molecule has 0 radical (unpaired) electrons. The number of nitrogens with one attached hydrogen (secondary N) is 3. The van der Waals surface area contributed by atoms with Crippen LogP contribution in [0, 0.1) is 0 Å². The van der Waals surface area contributed by atoms with E-state index in [1.165, 1.54) is 18.3 Å². The zero-order chi connectivity index (χ0) is 26.6. The minimum atomic E-state index is -1.16. The van der Waals surface area contributed by atoms with Crippen LogP contribution in [0.4, 0.5) is 10.5 Å². The second-order valence-electron chi connectivity index (χ2n) is 10.0. The molecule has 0 spiro atoms. The van der Waals surface area contributed by atoms with Crippen LogP contribution in [0.5, 0.6) is 5.75 Å². The molecule has 192 valence electrons. The number of rotatable bonds is 6.